The Morgan fingerprint density at radius 3 is 2.45 bits per heavy atom. The Morgan fingerprint density at radius 2 is 1.71 bits per heavy atom. The number of fused-ring (bicyclic) bond motifs is 1. The van der Waals surface area contributed by atoms with Gasteiger partial charge in [-0.2, -0.15) is 0 Å². The van der Waals surface area contributed by atoms with Crippen LogP contribution in [-0.4, -0.2) is 53.8 Å². The predicted octanol–water partition coefficient (Wildman–Crippen LogP) is 3.19. The van der Waals surface area contributed by atoms with E-state index in [0.717, 1.165) is 25.9 Å². The fraction of sp³-hybridized carbons (Fsp3) is 0.292. The summed E-state index contributed by atoms with van der Waals surface area (Å²) in [6.45, 7) is 2.18. The van der Waals surface area contributed by atoms with Crippen molar-refractivity contribution in [3.63, 3.8) is 0 Å². The molecule has 2 aromatic rings. The second-order valence-corrected chi connectivity index (χ2v) is 8.12. The van der Waals surface area contributed by atoms with Gasteiger partial charge in [-0.1, -0.05) is 24.3 Å². The number of hydrogen-bond donors (Lipinski definition) is 0. The summed E-state index contributed by atoms with van der Waals surface area (Å²) in [5.41, 5.74) is 1.63. The lowest BCUT2D eigenvalue weighted by Crippen LogP contribution is -2.56. The number of rotatable bonds is 3. The van der Waals surface area contributed by atoms with Crippen LogP contribution in [0.4, 0.5) is 4.39 Å². The normalized spacial score (nSPS) is 19.4. The maximum Gasteiger partial charge on any atom is 0.344 e. The van der Waals surface area contributed by atoms with E-state index in [2.05, 4.69) is 0 Å². The summed E-state index contributed by atoms with van der Waals surface area (Å²) in [6, 6.07) is 11.2. The molecular formula is C24H21FN2O4. The van der Waals surface area contributed by atoms with Gasteiger partial charge in [-0.3, -0.25) is 9.59 Å². The molecule has 2 aromatic carbocycles. The van der Waals surface area contributed by atoms with Crippen LogP contribution in [-0.2, 0) is 9.53 Å². The number of carbonyl (C=O) groups excluding carboxylic acids is 3. The first kappa shape index (κ1) is 19.5. The zero-order chi connectivity index (χ0) is 21.5. The van der Waals surface area contributed by atoms with Crippen molar-refractivity contribution in [3.05, 3.63) is 70.5 Å². The van der Waals surface area contributed by atoms with Gasteiger partial charge in [-0.15, -0.1) is 0 Å². The van der Waals surface area contributed by atoms with Crippen molar-refractivity contribution in [2.45, 2.75) is 12.8 Å². The Kier molecular flexibility index (Phi) is 4.81. The molecule has 7 heteroatoms. The minimum absolute atomic E-state index is 0.0565. The van der Waals surface area contributed by atoms with Crippen molar-refractivity contribution in [1.82, 2.24) is 9.80 Å². The topological polar surface area (TPSA) is 66.9 Å². The van der Waals surface area contributed by atoms with Crippen molar-refractivity contribution in [2.75, 3.05) is 26.2 Å². The van der Waals surface area contributed by atoms with Gasteiger partial charge in [0.05, 0.1) is 17.0 Å². The quantitative estimate of drug-likeness (QED) is 0.716. The highest BCUT2D eigenvalue weighted by atomic mass is 19.1. The lowest BCUT2D eigenvalue weighted by Gasteiger charge is -2.40. The van der Waals surface area contributed by atoms with Gasteiger partial charge in [0, 0.05) is 31.7 Å². The van der Waals surface area contributed by atoms with Gasteiger partial charge in [0.15, 0.2) is 0 Å². The molecule has 0 aromatic heterocycles. The molecule has 0 atom stereocenters. The molecule has 3 aliphatic heterocycles. The summed E-state index contributed by atoms with van der Waals surface area (Å²) in [6.07, 6.45) is 3.67. The largest absolute Gasteiger partial charge is 0.422 e. The van der Waals surface area contributed by atoms with E-state index in [1.807, 2.05) is 4.90 Å². The number of halogens is 1. The summed E-state index contributed by atoms with van der Waals surface area (Å²) >= 11 is 0. The number of likely N-dealkylation sites (tertiary alicyclic amines) is 2. The maximum absolute atomic E-state index is 14.4. The van der Waals surface area contributed by atoms with Crippen LogP contribution in [0.3, 0.4) is 0 Å². The van der Waals surface area contributed by atoms with E-state index in [0.29, 0.717) is 35.5 Å². The monoisotopic (exact) mass is 420 g/mol. The number of cyclic esters (lactones) is 1. The van der Waals surface area contributed by atoms with Crippen molar-refractivity contribution in [2.24, 2.45) is 5.92 Å². The summed E-state index contributed by atoms with van der Waals surface area (Å²) in [4.78, 5) is 40.6. The van der Waals surface area contributed by atoms with Gasteiger partial charge < -0.3 is 14.5 Å². The molecule has 0 radical (unpaired) electrons. The Balaban J connectivity index is 1.32. The molecule has 2 amide bonds. The molecule has 3 heterocycles. The van der Waals surface area contributed by atoms with Gasteiger partial charge in [0.2, 0.25) is 5.91 Å². The van der Waals surface area contributed by atoms with Crippen molar-refractivity contribution >= 4 is 29.6 Å². The van der Waals surface area contributed by atoms with E-state index in [-0.39, 0.29) is 17.4 Å². The Bertz CT molecular complexity index is 1110. The van der Waals surface area contributed by atoms with Gasteiger partial charge >= 0.3 is 5.97 Å². The number of carbonyl (C=O) groups is 3. The fourth-order valence-corrected chi connectivity index (χ4v) is 4.31. The number of nitrogens with zero attached hydrogens (tertiary/aromatic N) is 2. The van der Waals surface area contributed by atoms with Crippen LogP contribution in [0, 0.1) is 11.7 Å². The molecule has 2 fully saturated rings. The van der Waals surface area contributed by atoms with Gasteiger partial charge in [0.25, 0.3) is 5.91 Å². The molecule has 158 valence electrons. The molecule has 0 bridgehead atoms. The Labute approximate surface area is 178 Å². The van der Waals surface area contributed by atoms with Crippen LogP contribution in [0.5, 0.6) is 0 Å². The van der Waals surface area contributed by atoms with Gasteiger partial charge in [0.1, 0.15) is 11.6 Å². The van der Waals surface area contributed by atoms with Crippen LogP contribution in [0.15, 0.2) is 42.5 Å². The lowest BCUT2D eigenvalue weighted by atomic mass is 9.96. The molecule has 6 nitrogen and oxygen atoms in total. The molecule has 2 saturated heterocycles. The molecule has 5 rings (SSSR count). The Morgan fingerprint density at radius 1 is 1.00 bits per heavy atom. The van der Waals surface area contributed by atoms with Gasteiger partial charge in [-0.05, 0) is 42.7 Å². The third-order valence-corrected chi connectivity index (χ3v) is 6.07. The van der Waals surface area contributed by atoms with E-state index in [4.69, 9.17) is 4.74 Å². The van der Waals surface area contributed by atoms with E-state index in [1.165, 1.54) is 23.1 Å². The molecule has 3 aliphatic rings. The summed E-state index contributed by atoms with van der Waals surface area (Å²) in [5, 5.41) is 0. The predicted molar refractivity (Wildman–Crippen MR) is 111 cm³/mol. The number of ether oxygens (including phenoxy) is 1. The molecule has 0 saturated carbocycles. The standard InChI is InChI=1S/C24H21FN2O4/c25-20-8-7-15(12-21-17-5-1-2-6-18(17)24(30)31-21)11-19(20)23(29)27-13-16(14-27)22(28)26-9-3-4-10-26/h1-2,5-8,11-12,16H,3-4,9-10,13-14H2. The van der Waals surface area contributed by atoms with Crippen molar-refractivity contribution < 1.29 is 23.5 Å². The first-order valence-electron chi connectivity index (χ1n) is 10.4. The Hall–Kier alpha value is -3.48. The zero-order valence-electron chi connectivity index (χ0n) is 16.8. The van der Waals surface area contributed by atoms with Crippen LogP contribution in [0.25, 0.3) is 11.8 Å². The van der Waals surface area contributed by atoms with Crippen LogP contribution in [0.2, 0.25) is 0 Å². The third-order valence-electron chi connectivity index (χ3n) is 6.07. The average Bonchev–Trinajstić information content (AvgIpc) is 3.37. The molecule has 31 heavy (non-hydrogen) atoms. The SMILES string of the molecule is O=C1OC(=Cc2ccc(F)c(C(=O)N3CC(C(=O)N4CCCC4)C3)c2)c2ccccc21. The zero-order valence-corrected chi connectivity index (χ0v) is 16.8. The van der Waals surface area contributed by atoms with Crippen LogP contribution >= 0.6 is 0 Å². The van der Waals surface area contributed by atoms with Crippen molar-refractivity contribution in [3.8, 4) is 0 Å². The highest BCUT2D eigenvalue weighted by Gasteiger charge is 2.39. The summed E-state index contributed by atoms with van der Waals surface area (Å²) in [7, 11) is 0. The summed E-state index contributed by atoms with van der Waals surface area (Å²) in [5.74, 6) is -1.25. The molecular weight excluding hydrogens is 399 g/mol. The first-order chi connectivity index (χ1) is 15.0. The van der Waals surface area contributed by atoms with E-state index in [1.54, 1.807) is 30.3 Å². The van der Waals surface area contributed by atoms with Crippen molar-refractivity contribution in [1.29, 1.82) is 0 Å². The lowest BCUT2D eigenvalue weighted by molar-refractivity contribution is -0.138. The first-order valence-corrected chi connectivity index (χ1v) is 10.4. The van der Waals surface area contributed by atoms with Crippen LogP contribution < -0.4 is 0 Å². The van der Waals surface area contributed by atoms with E-state index >= 15 is 0 Å². The van der Waals surface area contributed by atoms with E-state index in [9.17, 15) is 18.8 Å². The molecule has 0 N–H and O–H groups in total. The summed E-state index contributed by atoms with van der Waals surface area (Å²) < 4.78 is 19.8. The minimum atomic E-state index is -0.620. The molecule has 0 unspecified atom stereocenters. The fourth-order valence-electron chi connectivity index (χ4n) is 4.31. The highest BCUT2D eigenvalue weighted by molar-refractivity contribution is 6.06. The number of hydrogen-bond acceptors (Lipinski definition) is 4. The maximum atomic E-state index is 14.4. The second-order valence-electron chi connectivity index (χ2n) is 8.12. The van der Waals surface area contributed by atoms with Crippen LogP contribution in [0.1, 0.15) is 44.7 Å². The van der Waals surface area contributed by atoms with Gasteiger partial charge in [-0.25, -0.2) is 9.18 Å². The number of amides is 2. The smallest absolute Gasteiger partial charge is 0.344 e. The number of esters is 1. The second kappa shape index (κ2) is 7.65. The number of benzene rings is 2. The highest BCUT2D eigenvalue weighted by Crippen LogP contribution is 2.31. The average molecular weight is 420 g/mol. The third kappa shape index (κ3) is 3.50. The molecule has 0 aliphatic carbocycles. The minimum Gasteiger partial charge on any atom is -0.422 e. The van der Waals surface area contributed by atoms with E-state index < -0.39 is 17.7 Å². The molecule has 0 spiro atoms.